The van der Waals surface area contributed by atoms with Crippen LogP contribution < -0.4 is 0 Å². The Morgan fingerprint density at radius 1 is 1.00 bits per heavy atom. The molecule has 2 fully saturated rings. The molecule has 0 radical (unpaired) electrons. The molecule has 0 bridgehead atoms. The molecule has 108 valence electrons. The molecule has 0 aromatic heterocycles. The lowest BCUT2D eigenvalue weighted by molar-refractivity contribution is -0.175. The molecule has 4 rings (SSSR count). The van der Waals surface area contributed by atoms with Crippen LogP contribution in [0.3, 0.4) is 0 Å². The standard InChI is InChI=1S/C16H15NO4/c18-14-11-3-1-2-4-12(11)15(19)17(14)21-16(20)13(9-5-6-9)10-7-8-10/h1-4,9-10,13H,5-8H2. The number of nitrogens with zero attached hydrogens (tertiary/aromatic N) is 1. The summed E-state index contributed by atoms with van der Waals surface area (Å²) in [4.78, 5) is 41.8. The summed E-state index contributed by atoms with van der Waals surface area (Å²) in [6.45, 7) is 0. The summed E-state index contributed by atoms with van der Waals surface area (Å²) in [5.74, 6) is -0.909. The topological polar surface area (TPSA) is 63.7 Å². The predicted molar refractivity (Wildman–Crippen MR) is 72.0 cm³/mol. The maximum absolute atomic E-state index is 12.3. The molecular weight excluding hydrogens is 270 g/mol. The number of rotatable bonds is 4. The Bertz CT molecular complexity index is 598. The fraction of sp³-hybridized carbons (Fsp3) is 0.438. The number of hydroxylamine groups is 2. The van der Waals surface area contributed by atoms with Gasteiger partial charge in [-0.05, 0) is 49.7 Å². The third kappa shape index (κ3) is 2.04. The smallest absolute Gasteiger partial charge is 0.329 e. The van der Waals surface area contributed by atoms with Gasteiger partial charge in [-0.1, -0.05) is 17.2 Å². The van der Waals surface area contributed by atoms with Gasteiger partial charge >= 0.3 is 5.97 Å². The van der Waals surface area contributed by atoms with Gasteiger partial charge in [-0.2, -0.15) is 0 Å². The monoisotopic (exact) mass is 285 g/mol. The SMILES string of the molecule is O=C(ON1C(=O)c2ccccc2C1=O)C(C1CC1)C1CC1. The van der Waals surface area contributed by atoms with Crippen molar-refractivity contribution < 1.29 is 19.2 Å². The van der Waals surface area contributed by atoms with Gasteiger partial charge < -0.3 is 4.84 Å². The largest absolute Gasteiger partial charge is 0.336 e. The molecule has 21 heavy (non-hydrogen) atoms. The Morgan fingerprint density at radius 2 is 1.48 bits per heavy atom. The number of carbonyl (C=O) groups is 3. The van der Waals surface area contributed by atoms with Gasteiger partial charge in [0.1, 0.15) is 0 Å². The fourth-order valence-electron chi connectivity index (χ4n) is 3.08. The zero-order valence-corrected chi connectivity index (χ0v) is 11.5. The molecule has 1 aromatic rings. The molecular formula is C16H15NO4. The van der Waals surface area contributed by atoms with Gasteiger partial charge in [0.25, 0.3) is 11.8 Å². The number of carbonyl (C=O) groups excluding carboxylic acids is 3. The average Bonchev–Trinajstić information content (AvgIpc) is 3.38. The fourth-order valence-corrected chi connectivity index (χ4v) is 3.08. The van der Waals surface area contributed by atoms with Crippen molar-refractivity contribution in [3.63, 3.8) is 0 Å². The lowest BCUT2D eigenvalue weighted by atomic mass is 9.98. The first-order valence-electron chi connectivity index (χ1n) is 7.36. The third-order valence-corrected chi connectivity index (χ3v) is 4.47. The highest BCUT2D eigenvalue weighted by Crippen LogP contribution is 2.49. The highest BCUT2D eigenvalue weighted by Gasteiger charge is 2.49. The van der Waals surface area contributed by atoms with Crippen molar-refractivity contribution in [2.24, 2.45) is 17.8 Å². The molecule has 0 unspecified atom stereocenters. The van der Waals surface area contributed by atoms with Gasteiger partial charge in [-0.3, -0.25) is 9.59 Å². The second kappa shape index (κ2) is 4.41. The number of hydrogen-bond acceptors (Lipinski definition) is 4. The first-order valence-corrected chi connectivity index (χ1v) is 7.36. The zero-order valence-electron chi connectivity index (χ0n) is 11.5. The zero-order chi connectivity index (χ0) is 14.6. The van der Waals surface area contributed by atoms with Crippen LogP contribution in [0.5, 0.6) is 0 Å². The Balaban J connectivity index is 1.54. The normalized spacial score (nSPS) is 20.9. The van der Waals surface area contributed by atoms with E-state index in [9.17, 15) is 14.4 Å². The van der Waals surface area contributed by atoms with Gasteiger partial charge in [-0.15, -0.1) is 0 Å². The Hall–Kier alpha value is -2.17. The highest BCUT2D eigenvalue weighted by molar-refractivity contribution is 6.20. The molecule has 1 aromatic carbocycles. The van der Waals surface area contributed by atoms with E-state index in [0.29, 0.717) is 28.0 Å². The van der Waals surface area contributed by atoms with Gasteiger partial charge in [0, 0.05) is 0 Å². The summed E-state index contributed by atoms with van der Waals surface area (Å²) >= 11 is 0. The minimum atomic E-state index is -0.547. The first-order chi connectivity index (χ1) is 10.2. The molecule has 0 N–H and O–H groups in total. The highest BCUT2D eigenvalue weighted by atomic mass is 16.7. The van der Waals surface area contributed by atoms with E-state index in [1.807, 2.05) is 0 Å². The first kappa shape index (κ1) is 12.6. The van der Waals surface area contributed by atoms with Gasteiger partial charge in [0.05, 0.1) is 17.0 Å². The van der Waals surface area contributed by atoms with Crippen molar-refractivity contribution in [1.29, 1.82) is 0 Å². The maximum atomic E-state index is 12.3. The molecule has 2 aliphatic carbocycles. The summed E-state index contributed by atoms with van der Waals surface area (Å²) < 4.78 is 0. The predicted octanol–water partition coefficient (Wildman–Crippen LogP) is 2.18. The molecule has 0 saturated heterocycles. The lowest BCUT2D eigenvalue weighted by Gasteiger charge is -2.18. The van der Waals surface area contributed by atoms with E-state index in [2.05, 4.69) is 0 Å². The molecule has 1 aliphatic heterocycles. The van der Waals surface area contributed by atoms with E-state index in [1.165, 1.54) is 0 Å². The summed E-state index contributed by atoms with van der Waals surface area (Å²) in [5, 5.41) is 0.630. The van der Waals surface area contributed by atoms with Gasteiger partial charge in [-0.25, -0.2) is 4.79 Å². The van der Waals surface area contributed by atoms with Crippen molar-refractivity contribution in [1.82, 2.24) is 5.06 Å². The van der Waals surface area contributed by atoms with E-state index in [0.717, 1.165) is 25.7 Å². The molecule has 1 heterocycles. The molecule has 3 aliphatic rings. The number of amides is 2. The van der Waals surface area contributed by atoms with Gasteiger partial charge in [0.2, 0.25) is 0 Å². The Kier molecular flexibility index (Phi) is 2.64. The minimum absolute atomic E-state index is 0.144. The van der Waals surface area contributed by atoms with E-state index in [-0.39, 0.29) is 5.92 Å². The van der Waals surface area contributed by atoms with E-state index >= 15 is 0 Å². The second-order valence-electron chi connectivity index (χ2n) is 6.06. The van der Waals surface area contributed by atoms with Crippen molar-refractivity contribution in [3.05, 3.63) is 35.4 Å². The molecule has 2 amide bonds. The van der Waals surface area contributed by atoms with Crippen LogP contribution in [-0.2, 0) is 9.63 Å². The molecule has 5 heteroatoms. The van der Waals surface area contributed by atoms with E-state index in [1.54, 1.807) is 24.3 Å². The molecule has 0 spiro atoms. The van der Waals surface area contributed by atoms with Crippen LogP contribution in [-0.4, -0.2) is 22.8 Å². The van der Waals surface area contributed by atoms with Crippen LogP contribution in [0.2, 0.25) is 0 Å². The molecule has 2 saturated carbocycles. The number of hydrogen-bond donors (Lipinski definition) is 0. The van der Waals surface area contributed by atoms with Crippen molar-refractivity contribution in [2.75, 3.05) is 0 Å². The summed E-state index contributed by atoms with van der Waals surface area (Å²) in [5.41, 5.74) is 0.592. The second-order valence-corrected chi connectivity index (χ2v) is 6.06. The van der Waals surface area contributed by atoms with Crippen LogP contribution >= 0.6 is 0 Å². The van der Waals surface area contributed by atoms with Crippen molar-refractivity contribution >= 4 is 17.8 Å². The van der Waals surface area contributed by atoms with Crippen molar-refractivity contribution in [3.8, 4) is 0 Å². The Labute approximate surface area is 121 Å². The molecule has 0 atom stereocenters. The van der Waals surface area contributed by atoms with Crippen LogP contribution in [0.1, 0.15) is 46.4 Å². The van der Waals surface area contributed by atoms with Crippen LogP contribution in [0.25, 0.3) is 0 Å². The average molecular weight is 285 g/mol. The quantitative estimate of drug-likeness (QED) is 0.795. The number of imide groups is 1. The van der Waals surface area contributed by atoms with E-state index < -0.39 is 17.8 Å². The van der Waals surface area contributed by atoms with Crippen LogP contribution in [0.4, 0.5) is 0 Å². The van der Waals surface area contributed by atoms with E-state index in [4.69, 9.17) is 4.84 Å². The lowest BCUT2D eigenvalue weighted by Crippen LogP contribution is -2.36. The molecule has 5 nitrogen and oxygen atoms in total. The number of benzene rings is 1. The number of fused-ring (bicyclic) bond motifs is 1. The van der Waals surface area contributed by atoms with Crippen molar-refractivity contribution in [2.45, 2.75) is 25.7 Å². The summed E-state index contributed by atoms with van der Waals surface area (Å²) in [6.07, 6.45) is 4.16. The maximum Gasteiger partial charge on any atom is 0.336 e. The van der Waals surface area contributed by atoms with Crippen LogP contribution in [0.15, 0.2) is 24.3 Å². The van der Waals surface area contributed by atoms with Gasteiger partial charge in [0.15, 0.2) is 0 Å². The Morgan fingerprint density at radius 3 is 1.90 bits per heavy atom. The third-order valence-electron chi connectivity index (χ3n) is 4.47. The minimum Gasteiger partial charge on any atom is -0.329 e. The summed E-state index contributed by atoms with van der Waals surface area (Å²) in [7, 11) is 0. The van der Waals surface area contributed by atoms with Crippen LogP contribution in [0, 0.1) is 17.8 Å². The summed E-state index contributed by atoms with van der Waals surface area (Å²) in [6, 6.07) is 6.52.